The molecular weight excluding hydrogens is 202 g/mol. The number of benzene rings is 1. The van der Waals surface area contributed by atoms with Crippen LogP contribution in [0.4, 0.5) is 5.69 Å². The van der Waals surface area contributed by atoms with Crippen LogP contribution in [0.1, 0.15) is 18.4 Å². The molecule has 0 aromatic heterocycles. The lowest BCUT2D eigenvalue weighted by atomic mass is 10.2. The van der Waals surface area contributed by atoms with Gasteiger partial charge < -0.3 is 4.74 Å². The SMILES string of the molecule is C#CCCCOCc1ccc(N=[N+]=[N-])cc1. The number of hydrogen-bond donors (Lipinski definition) is 0. The second kappa shape index (κ2) is 7.36. The van der Waals surface area contributed by atoms with Gasteiger partial charge in [-0.1, -0.05) is 29.4 Å². The zero-order valence-corrected chi connectivity index (χ0v) is 8.97. The molecule has 82 valence electrons. The number of terminal acetylenes is 1. The maximum atomic E-state index is 8.23. The van der Waals surface area contributed by atoms with Crippen molar-refractivity contribution in [3.8, 4) is 12.3 Å². The van der Waals surface area contributed by atoms with Crippen molar-refractivity contribution in [3.05, 3.63) is 40.3 Å². The smallest absolute Gasteiger partial charge is 0.0716 e. The summed E-state index contributed by atoms with van der Waals surface area (Å²) in [4.78, 5) is 2.71. The zero-order valence-electron chi connectivity index (χ0n) is 8.97. The molecule has 0 aliphatic rings. The Morgan fingerprint density at radius 2 is 2.12 bits per heavy atom. The number of ether oxygens (including phenoxy) is 1. The largest absolute Gasteiger partial charge is 0.377 e. The third kappa shape index (κ3) is 4.52. The second-order valence-electron chi connectivity index (χ2n) is 3.22. The van der Waals surface area contributed by atoms with E-state index in [0.717, 1.165) is 18.4 Å². The summed E-state index contributed by atoms with van der Waals surface area (Å²) in [6.45, 7) is 1.23. The van der Waals surface area contributed by atoms with Crippen LogP contribution >= 0.6 is 0 Å². The van der Waals surface area contributed by atoms with Crippen molar-refractivity contribution in [1.82, 2.24) is 0 Å². The Labute approximate surface area is 94.9 Å². The molecule has 0 aliphatic carbocycles. The molecule has 0 amide bonds. The van der Waals surface area contributed by atoms with Crippen LogP contribution in [0.3, 0.4) is 0 Å². The maximum Gasteiger partial charge on any atom is 0.0716 e. The molecule has 4 nitrogen and oxygen atoms in total. The number of rotatable bonds is 6. The standard InChI is InChI=1S/C12H13N3O/c1-2-3-4-9-16-10-11-5-7-12(8-6-11)14-15-13/h1,5-8H,3-4,9-10H2. The fourth-order valence-electron chi connectivity index (χ4n) is 1.18. The summed E-state index contributed by atoms with van der Waals surface area (Å²) in [7, 11) is 0. The van der Waals surface area contributed by atoms with E-state index >= 15 is 0 Å². The molecule has 0 bridgehead atoms. The fourth-order valence-corrected chi connectivity index (χ4v) is 1.18. The first-order valence-corrected chi connectivity index (χ1v) is 5.02. The Balaban J connectivity index is 2.32. The quantitative estimate of drug-likeness (QED) is 0.235. The molecular formula is C12H13N3O. The highest BCUT2D eigenvalue weighted by Crippen LogP contribution is 2.13. The maximum absolute atomic E-state index is 8.23. The molecule has 0 unspecified atom stereocenters. The van der Waals surface area contributed by atoms with Gasteiger partial charge in [-0.15, -0.1) is 12.3 Å². The van der Waals surface area contributed by atoms with E-state index in [1.54, 1.807) is 12.1 Å². The van der Waals surface area contributed by atoms with Gasteiger partial charge in [0.15, 0.2) is 0 Å². The van der Waals surface area contributed by atoms with E-state index in [-0.39, 0.29) is 0 Å². The van der Waals surface area contributed by atoms with E-state index in [1.165, 1.54) is 0 Å². The monoisotopic (exact) mass is 215 g/mol. The summed E-state index contributed by atoms with van der Waals surface area (Å²) in [5.74, 6) is 2.56. The molecule has 1 aromatic rings. The average molecular weight is 215 g/mol. The van der Waals surface area contributed by atoms with Gasteiger partial charge >= 0.3 is 0 Å². The summed E-state index contributed by atoms with van der Waals surface area (Å²) in [5, 5.41) is 3.49. The molecule has 4 heteroatoms. The van der Waals surface area contributed by atoms with Crippen molar-refractivity contribution in [3.63, 3.8) is 0 Å². The predicted molar refractivity (Wildman–Crippen MR) is 63.0 cm³/mol. The Hall–Kier alpha value is -1.95. The minimum Gasteiger partial charge on any atom is -0.377 e. The molecule has 1 aromatic carbocycles. The second-order valence-corrected chi connectivity index (χ2v) is 3.22. The fraction of sp³-hybridized carbons (Fsp3) is 0.333. The lowest BCUT2D eigenvalue weighted by Crippen LogP contribution is -1.94. The molecule has 0 aliphatic heterocycles. The summed E-state index contributed by atoms with van der Waals surface area (Å²) in [6, 6.07) is 7.29. The highest BCUT2D eigenvalue weighted by atomic mass is 16.5. The molecule has 0 atom stereocenters. The third-order valence-corrected chi connectivity index (χ3v) is 1.98. The molecule has 16 heavy (non-hydrogen) atoms. The van der Waals surface area contributed by atoms with Crippen molar-refractivity contribution < 1.29 is 4.74 Å². The molecule has 0 saturated heterocycles. The summed E-state index contributed by atoms with van der Waals surface area (Å²) in [5.41, 5.74) is 9.89. The van der Waals surface area contributed by atoms with Crippen LogP contribution in [0.15, 0.2) is 29.4 Å². The van der Waals surface area contributed by atoms with E-state index in [2.05, 4.69) is 15.9 Å². The van der Waals surface area contributed by atoms with Crippen molar-refractivity contribution in [1.29, 1.82) is 0 Å². The lowest BCUT2D eigenvalue weighted by molar-refractivity contribution is 0.119. The predicted octanol–water partition coefficient (Wildman–Crippen LogP) is 3.56. The first-order valence-electron chi connectivity index (χ1n) is 5.02. The topological polar surface area (TPSA) is 58.0 Å². The first kappa shape index (κ1) is 12.1. The van der Waals surface area contributed by atoms with Crippen molar-refractivity contribution >= 4 is 5.69 Å². The zero-order chi connectivity index (χ0) is 11.6. The van der Waals surface area contributed by atoms with Gasteiger partial charge in [0.25, 0.3) is 0 Å². The van der Waals surface area contributed by atoms with Gasteiger partial charge in [0, 0.05) is 23.6 Å². The minimum absolute atomic E-state index is 0.557. The number of hydrogen-bond acceptors (Lipinski definition) is 2. The van der Waals surface area contributed by atoms with E-state index in [1.807, 2.05) is 12.1 Å². The van der Waals surface area contributed by atoms with Crippen molar-refractivity contribution in [2.75, 3.05) is 6.61 Å². The number of unbranched alkanes of at least 4 members (excludes halogenated alkanes) is 1. The van der Waals surface area contributed by atoms with Crippen LogP contribution < -0.4 is 0 Å². The minimum atomic E-state index is 0.557. The van der Waals surface area contributed by atoms with E-state index in [0.29, 0.717) is 18.9 Å². The Bertz CT molecular complexity index is 399. The average Bonchev–Trinajstić information content (AvgIpc) is 2.31. The first-order chi connectivity index (χ1) is 7.86. The summed E-state index contributed by atoms with van der Waals surface area (Å²) < 4.78 is 5.42. The van der Waals surface area contributed by atoms with Gasteiger partial charge in [-0.2, -0.15) is 0 Å². The van der Waals surface area contributed by atoms with Crippen LogP contribution in [0.25, 0.3) is 10.4 Å². The molecule has 0 N–H and O–H groups in total. The highest BCUT2D eigenvalue weighted by Gasteiger charge is 1.93. The van der Waals surface area contributed by atoms with Crippen LogP contribution in [0.2, 0.25) is 0 Å². The van der Waals surface area contributed by atoms with Crippen LogP contribution in [0.5, 0.6) is 0 Å². The molecule has 0 radical (unpaired) electrons. The summed E-state index contributed by atoms with van der Waals surface area (Å²) in [6.07, 6.45) is 6.75. The molecule has 0 fully saturated rings. The van der Waals surface area contributed by atoms with Crippen molar-refractivity contribution in [2.45, 2.75) is 19.4 Å². The number of azide groups is 1. The van der Waals surface area contributed by atoms with Crippen LogP contribution in [-0.4, -0.2) is 6.61 Å². The molecule has 1 rings (SSSR count). The third-order valence-electron chi connectivity index (χ3n) is 1.98. The van der Waals surface area contributed by atoms with E-state index in [9.17, 15) is 0 Å². The Kier molecular flexibility index (Phi) is 5.57. The molecule has 0 spiro atoms. The van der Waals surface area contributed by atoms with Gasteiger partial charge in [0.2, 0.25) is 0 Å². The van der Waals surface area contributed by atoms with Gasteiger partial charge in [-0.3, -0.25) is 0 Å². The van der Waals surface area contributed by atoms with Gasteiger partial charge in [0.1, 0.15) is 0 Å². The van der Waals surface area contributed by atoms with E-state index < -0.39 is 0 Å². The van der Waals surface area contributed by atoms with Crippen LogP contribution in [0, 0.1) is 12.3 Å². The Morgan fingerprint density at radius 1 is 1.38 bits per heavy atom. The van der Waals surface area contributed by atoms with Gasteiger partial charge in [-0.25, -0.2) is 0 Å². The highest BCUT2D eigenvalue weighted by molar-refractivity contribution is 5.38. The van der Waals surface area contributed by atoms with Crippen molar-refractivity contribution in [2.24, 2.45) is 5.11 Å². The van der Waals surface area contributed by atoms with Gasteiger partial charge in [-0.05, 0) is 17.5 Å². The molecule has 0 heterocycles. The summed E-state index contributed by atoms with van der Waals surface area (Å²) >= 11 is 0. The lowest BCUT2D eigenvalue weighted by Gasteiger charge is -2.03. The van der Waals surface area contributed by atoms with Crippen LogP contribution in [-0.2, 0) is 11.3 Å². The normalized spacial score (nSPS) is 9.19. The Morgan fingerprint density at radius 3 is 2.75 bits per heavy atom. The van der Waals surface area contributed by atoms with Gasteiger partial charge in [0.05, 0.1) is 6.61 Å². The number of nitrogens with zero attached hydrogens (tertiary/aromatic N) is 3. The van der Waals surface area contributed by atoms with E-state index in [4.69, 9.17) is 16.7 Å². The molecule has 0 saturated carbocycles.